The molecule has 36 heavy (non-hydrogen) atoms. The summed E-state index contributed by atoms with van der Waals surface area (Å²) in [4.78, 5) is 33.7. The van der Waals surface area contributed by atoms with Gasteiger partial charge in [-0.1, -0.05) is 29.5 Å². The lowest BCUT2D eigenvalue weighted by Gasteiger charge is -2.22. The van der Waals surface area contributed by atoms with Crippen molar-refractivity contribution in [1.82, 2.24) is 4.98 Å². The molecule has 1 fully saturated rings. The second-order valence-electron chi connectivity index (χ2n) is 8.93. The highest BCUT2D eigenvalue weighted by molar-refractivity contribution is 7.22. The summed E-state index contributed by atoms with van der Waals surface area (Å²) in [5.74, 6) is -0.790. The van der Waals surface area contributed by atoms with Crippen molar-refractivity contribution in [3.05, 3.63) is 81.1 Å². The number of rotatable bonds is 5. The van der Waals surface area contributed by atoms with Gasteiger partial charge in [0.15, 0.2) is 5.13 Å². The van der Waals surface area contributed by atoms with Gasteiger partial charge in [-0.2, -0.15) is 0 Å². The number of aromatic nitrogens is 1. The SMILES string of the molecule is CCOc1ccc2nc(N3C(=O)C(=O)/C(=C(/O)c4ccc5c(c4)CCCC5)C3c3cccs3)sc2c1. The largest absolute Gasteiger partial charge is 0.507 e. The van der Waals surface area contributed by atoms with Crippen molar-refractivity contribution in [2.75, 3.05) is 11.5 Å². The molecular formula is C28H24N2O4S2. The molecule has 1 N–H and O–H groups in total. The minimum absolute atomic E-state index is 0.104. The number of thiophene rings is 1. The molecule has 2 aliphatic rings. The highest BCUT2D eigenvalue weighted by atomic mass is 32.1. The highest BCUT2D eigenvalue weighted by Crippen LogP contribution is 2.46. The number of carbonyl (C=O) groups excluding carboxylic acids is 2. The van der Waals surface area contributed by atoms with Gasteiger partial charge >= 0.3 is 5.91 Å². The number of aryl methyl sites for hydroxylation is 2. The quantitative estimate of drug-likeness (QED) is 0.192. The van der Waals surface area contributed by atoms with Crippen LogP contribution in [0.5, 0.6) is 5.75 Å². The smallest absolute Gasteiger partial charge is 0.301 e. The molecule has 6 rings (SSSR count). The van der Waals surface area contributed by atoms with E-state index in [0.717, 1.165) is 46.5 Å². The number of anilines is 1. The van der Waals surface area contributed by atoms with Crippen molar-refractivity contribution < 1.29 is 19.4 Å². The number of nitrogens with zero attached hydrogens (tertiary/aromatic N) is 2. The van der Waals surface area contributed by atoms with Crippen LogP contribution in [0, 0.1) is 0 Å². The van der Waals surface area contributed by atoms with E-state index in [1.54, 1.807) is 0 Å². The molecule has 6 nitrogen and oxygen atoms in total. The first-order valence-corrected chi connectivity index (χ1v) is 13.7. The summed E-state index contributed by atoms with van der Waals surface area (Å²) in [6.07, 6.45) is 4.25. The molecule has 1 aliphatic carbocycles. The number of ketones is 1. The van der Waals surface area contributed by atoms with Crippen molar-refractivity contribution in [2.24, 2.45) is 0 Å². The molecule has 0 saturated carbocycles. The molecule has 0 bridgehead atoms. The van der Waals surface area contributed by atoms with Gasteiger partial charge in [0.2, 0.25) is 0 Å². The Kier molecular flexibility index (Phi) is 5.85. The van der Waals surface area contributed by atoms with E-state index in [1.807, 2.05) is 60.8 Å². The van der Waals surface area contributed by atoms with Gasteiger partial charge in [-0.3, -0.25) is 14.5 Å². The van der Waals surface area contributed by atoms with E-state index in [0.29, 0.717) is 17.3 Å². The summed E-state index contributed by atoms with van der Waals surface area (Å²) in [6.45, 7) is 2.47. The minimum atomic E-state index is -0.743. The maximum Gasteiger partial charge on any atom is 0.301 e. The molecule has 4 aromatic rings. The molecule has 2 aromatic heterocycles. The van der Waals surface area contributed by atoms with Crippen molar-refractivity contribution in [1.29, 1.82) is 0 Å². The van der Waals surface area contributed by atoms with Crippen LogP contribution in [0.1, 0.15) is 47.4 Å². The minimum Gasteiger partial charge on any atom is -0.507 e. The Labute approximate surface area is 216 Å². The molecule has 0 radical (unpaired) electrons. The van der Waals surface area contributed by atoms with Gasteiger partial charge in [0.1, 0.15) is 17.6 Å². The van der Waals surface area contributed by atoms with Gasteiger partial charge in [-0.15, -0.1) is 11.3 Å². The Morgan fingerprint density at radius 1 is 1.11 bits per heavy atom. The van der Waals surface area contributed by atoms with E-state index in [2.05, 4.69) is 4.98 Å². The van der Waals surface area contributed by atoms with E-state index in [9.17, 15) is 14.7 Å². The molecule has 1 atom stereocenters. The Morgan fingerprint density at radius 3 is 2.72 bits per heavy atom. The van der Waals surface area contributed by atoms with Gasteiger partial charge in [0.05, 0.1) is 22.4 Å². The van der Waals surface area contributed by atoms with Crippen LogP contribution < -0.4 is 9.64 Å². The van der Waals surface area contributed by atoms with Gasteiger partial charge < -0.3 is 9.84 Å². The Balaban J connectivity index is 1.48. The van der Waals surface area contributed by atoms with Crippen LogP contribution in [-0.4, -0.2) is 28.4 Å². The third-order valence-electron chi connectivity index (χ3n) is 6.74. The number of amides is 1. The molecular weight excluding hydrogens is 492 g/mol. The van der Waals surface area contributed by atoms with E-state index >= 15 is 0 Å². The standard InChI is InChI=1S/C28H24N2O4S2/c1-2-34-19-11-12-20-22(15-19)36-28(29-20)30-24(21-8-5-13-35-21)23(26(32)27(30)33)25(31)18-10-9-16-6-3-4-7-17(16)14-18/h5,8-15,24,31H,2-4,6-7H2,1H3/b25-23+. The lowest BCUT2D eigenvalue weighted by molar-refractivity contribution is -0.132. The highest BCUT2D eigenvalue weighted by Gasteiger charge is 2.48. The number of ether oxygens (including phenoxy) is 1. The molecule has 182 valence electrons. The van der Waals surface area contributed by atoms with Crippen LogP contribution in [0.4, 0.5) is 5.13 Å². The number of hydrogen-bond acceptors (Lipinski definition) is 7. The van der Waals surface area contributed by atoms with Gasteiger partial charge in [-0.05, 0) is 79.4 Å². The normalized spacial score (nSPS) is 19.1. The summed E-state index contributed by atoms with van der Waals surface area (Å²) < 4.78 is 6.47. The molecule has 3 heterocycles. The zero-order valence-corrected chi connectivity index (χ0v) is 21.3. The van der Waals surface area contributed by atoms with E-state index in [4.69, 9.17) is 4.74 Å². The predicted octanol–water partition coefficient (Wildman–Crippen LogP) is 6.26. The molecule has 1 amide bonds. The van der Waals surface area contributed by atoms with E-state index < -0.39 is 17.7 Å². The van der Waals surface area contributed by atoms with Crippen LogP contribution in [0.3, 0.4) is 0 Å². The lowest BCUT2D eigenvalue weighted by atomic mass is 9.89. The Hall–Kier alpha value is -3.49. The summed E-state index contributed by atoms with van der Waals surface area (Å²) in [6, 6.07) is 14.5. The monoisotopic (exact) mass is 516 g/mol. The number of hydrogen-bond donors (Lipinski definition) is 1. The van der Waals surface area contributed by atoms with Gasteiger partial charge in [-0.25, -0.2) is 4.98 Å². The fourth-order valence-corrected chi connectivity index (χ4v) is 6.88. The van der Waals surface area contributed by atoms with Crippen LogP contribution in [0.15, 0.2) is 59.5 Å². The molecule has 8 heteroatoms. The van der Waals surface area contributed by atoms with Crippen LogP contribution in [-0.2, 0) is 22.4 Å². The third kappa shape index (κ3) is 3.81. The van der Waals surface area contributed by atoms with Crippen LogP contribution >= 0.6 is 22.7 Å². The number of aliphatic hydroxyl groups excluding tert-OH is 1. The van der Waals surface area contributed by atoms with Crippen molar-refractivity contribution in [3.63, 3.8) is 0 Å². The predicted molar refractivity (Wildman–Crippen MR) is 143 cm³/mol. The molecule has 1 unspecified atom stereocenters. The molecule has 0 spiro atoms. The average molecular weight is 517 g/mol. The summed E-state index contributed by atoms with van der Waals surface area (Å²) in [7, 11) is 0. The lowest BCUT2D eigenvalue weighted by Crippen LogP contribution is -2.28. The number of aliphatic hydroxyl groups is 1. The Morgan fingerprint density at radius 2 is 1.94 bits per heavy atom. The summed E-state index contributed by atoms with van der Waals surface area (Å²) >= 11 is 2.77. The topological polar surface area (TPSA) is 79.7 Å². The maximum atomic E-state index is 13.4. The van der Waals surface area contributed by atoms with Crippen molar-refractivity contribution in [2.45, 2.75) is 38.6 Å². The first kappa shape index (κ1) is 22.9. The van der Waals surface area contributed by atoms with Crippen molar-refractivity contribution in [3.8, 4) is 5.75 Å². The second kappa shape index (κ2) is 9.19. The second-order valence-corrected chi connectivity index (χ2v) is 10.9. The number of thiazole rings is 1. The first-order valence-electron chi connectivity index (χ1n) is 12.0. The van der Waals surface area contributed by atoms with E-state index in [-0.39, 0.29) is 11.3 Å². The molecule has 1 aliphatic heterocycles. The summed E-state index contributed by atoms with van der Waals surface area (Å²) in [5, 5.41) is 13.8. The van der Waals surface area contributed by atoms with Gasteiger partial charge in [0, 0.05) is 10.4 Å². The average Bonchev–Trinajstić information content (AvgIpc) is 3.62. The van der Waals surface area contributed by atoms with Crippen LogP contribution in [0.25, 0.3) is 16.0 Å². The zero-order chi connectivity index (χ0) is 24.8. The van der Waals surface area contributed by atoms with Crippen molar-refractivity contribution >= 4 is 55.5 Å². The number of Topliss-reactive ketones (excluding diaryl/α,β-unsaturated/α-hetero) is 1. The van der Waals surface area contributed by atoms with E-state index in [1.165, 1.54) is 38.7 Å². The molecule has 1 saturated heterocycles. The third-order valence-corrected chi connectivity index (χ3v) is 8.69. The zero-order valence-electron chi connectivity index (χ0n) is 19.7. The number of carbonyl (C=O) groups is 2. The fourth-order valence-electron chi connectivity index (χ4n) is 5.03. The molecule has 2 aromatic carbocycles. The van der Waals surface area contributed by atoms with Gasteiger partial charge in [0.25, 0.3) is 5.78 Å². The van der Waals surface area contributed by atoms with Crippen LogP contribution in [0.2, 0.25) is 0 Å². The Bertz CT molecular complexity index is 1520. The first-order chi connectivity index (χ1) is 17.5. The fraction of sp³-hybridized carbons (Fsp3) is 0.250. The maximum absolute atomic E-state index is 13.4. The summed E-state index contributed by atoms with van der Waals surface area (Å²) in [5.41, 5.74) is 3.88. The number of fused-ring (bicyclic) bond motifs is 2. The number of benzene rings is 2.